The molecule has 0 unspecified atom stereocenters. The highest BCUT2D eigenvalue weighted by Crippen LogP contribution is 2.61. The fraction of sp³-hybridized carbons (Fsp3) is 0.417. The Morgan fingerprint density at radius 3 is 2.44 bits per heavy atom. The van der Waals surface area contributed by atoms with Crippen molar-refractivity contribution in [2.24, 2.45) is 0 Å². The smallest absolute Gasteiger partial charge is 0.334 e. The molecule has 6 heteroatoms. The Hall–Kier alpha value is -1.16. The second-order valence-electron chi connectivity index (χ2n) is 3.84. The molecule has 0 aromatic heterocycles. The van der Waals surface area contributed by atoms with Gasteiger partial charge < -0.3 is 14.4 Å². The van der Waals surface area contributed by atoms with E-state index in [1.165, 1.54) is 0 Å². The minimum absolute atomic E-state index is 0.241. The first-order chi connectivity index (χ1) is 8.62. The molecule has 1 aliphatic rings. The molecule has 0 spiro atoms. The topological polar surface area (TPSA) is 64.6 Å². The van der Waals surface area contributed by atoms with Crippen LogP contribution in [0.5, 0.6) is 0 Å². The van der Waals surface area contributed by atoms with Crippen molar-refractivity contribution < 1.29 is 18.4 Å². The molecule has 0 saturated carbocycles. The number of hydrogen-bond acceptors (Lipinski definition) is 4. The molecule has 0 bridgehead atoms. The molecular weight excluding hydrogens is 253 g/mol. The molecule has 2 rings (SSSR count). The zero-order valence-electron chi connectivity index (χ0n) is 10.4. The van der Waals surface area contributed by atoms with Gasteiger partial charge in [-0.05, 0) is 25.5 Å². The first kappa shape index (κ1) is 13.3. The second kappa shape index (κ2) is 5.22. The van der Waals surface area contributed by atoms with E-state index in [0.717, 1.165) is 0 Å². The lowest BCUT2D eigenvalue weighted by Crippen LogP contribution is -2.21. The zero-order chi connectivity index (χ0) is 13.2. The van der Waals surface area contributed by atoms with Gasteiger partial charge in [0.1, 0.15) is 0 Å². The standard InChI is InChI=1S/C12H16NO4P/c1-3-16-18(15,17-4-2)12-10-8-6-5-7-9(10)11(14)13-12/h5-8,12H,3-4H2,1-2H3,(H,13,14)/t12-/m0/s1. The average Bonchev–Trinajstić information content (AvgIpc) is 2.69. The first-order valence-electron chi connectivity index (χ1n) is 5.91. The van der Waals surface area contributed by atoms with E-state index in [1.54, 1.807) is 38.1 Å². The quantitative estimate of drug-likeness (QED) is 0.835. The number of amides is 1. The van der Waals surface area contributed by atoms with Crippen molar-refractivity contribution in [3.8, 4) is 0 Å². The molecule has 0 radical (unpaired) electrons. The van der Waals surface area contributed by atoms with Crippen LogP contribution < -0.4 is 5.32 Å². The minimum atomic E-state index is -3.37. The number of rotatable bonds is 5. The highest BCUT2D eigenvalue weighted by Gasteiger charge is 2.43. The van der Waals surface area contributed by atoms with Crippen molar-refractivity contribution in [3.63, 3.8) is 0 Å². The molecule has 18 heavy (non-hydrogen) atoms. The van der Waals surface area contributed by atoms with Gasteiger partial charge in [0.2, 0.25) is 0 Å². The summed E-state index contributed by atoms with van der Waals surface area (Å²) in [5.74, 6) is -0.948. The Kier molecular flexibility index (Phi) is 3.85. The van der Waals surface area contributed by atoms with Crippen LogP contribution in [-0.4, -0.2) is 19.1 Å². The van der Waals surface area contributed by atoms with E-state index in [2.05, 4.69) is 5.32 Å². The number of fused-ring (bicyclic) bond motifs is 1. The summed E-state index contributed by atoms with van der Waals surface area (Å²) in [5, 5.41) is 2.68. The third-order valence-electron chi connectivity index (χ3n) is 2.70. The van der Waals surface area contributed by atoms with Gasteiger partial charge in [0.25, 0.3) is 5.91 Å². The van der Waals surface area contributed by atoms with Crippen LogP contribution >= 0.6 is 7.60 Å². The number of carbonyl (C=O) groups excluding carboxylic acids is 1. The Bertz CT molecular complexity index is 493. The maximum absolute atomic E-state index is 12.7. The van der Waals surface area contributed by atoms with Gasteiger partial charge in [-0.25, -0.2) is 0 Å². The Labute approximate surface area is 106 Å². The van der Waals surface area contributed by atoms with Crippen LogP contribution in [0.15, 0.2) is 24.3 Å². The van der Waals surface area contributed by atoms with Crippen molar-refractivity contribution in [1.29, 1.82) is 0 Å². The Morgan fingerprint density at radius 1 is 1.22 bits per heavy atom. The molecular formula is C12H16NO4P. The normalized spacial score (nSPS) is 18.6. The van der Waals surface area contributed by atoms with E-state index < -0.39 is 13.4 Å². The third kappa shape index (κ3) is 2.21. The average molecular weight is 269 g/mol. The number of nitrogens with one attached hydrogen (secondary N) is 1. The van der Waals surface area contributed by atoms with Crippen LogP contribution in [0, 0.1) is 0 Å². The molecule has 98 valence electrons. The summed E-state index contributed by atoms with van der Waals surface area (Å²) in [6, 6.07) is 7.04. The van der Waals surface area contributed by atoms with Crippen molar-refractivity contribution >= 4 is 13.5 Å². The van der Waals surface area contributed by atoms with Crippen molar-refractivity contribution in [2.75, 3.05) is 13.2 Å². The highest BCUT2D eigenvalue weighted by atomic mass is 31.2. The number of hydrogen-bond donors (Lipinski definition) is 1. The van der Waals surface area contributed by atoms with Crippen LogP contribution in [0.25, 0.3) is 0 Å². The SMILES string of the molecule is CCOP(=O)(OCC)[C@@H]1NC(=O)c2ccccc21. The van der Waals surface area contributed by atoms with E-state index in [1.807, 2.05) is 0 Å². The van der Waals surface area contributed by atoms with Gasteiger partial charge in [-0.3, -0.25) is 9.36 Å². The van der Waals surface area contributed by atoms with Gasteiger partial charge in [-0.2, -0.15) is 0 Å². The summed E-state index contributed by atoms with van der Waals surface area (Å²) < 4.78 is 23.2. The lowest BCUT2D eigenvalue weighted by molar-refractivity contribution is 0.0956. The van der Waals surface area contributed by atoms with Gasteiger partial charge in [0, 0.05) is 5.56 Å². The third-order valence-corrected chi connectivity index (χ3v) is 4.98. The summed E-state index contributed by atoms with van der Waals surface area (Å²) >= 11 is 0. The first-order valence-corrected chi connectivity index (χ1v) is 7.52. The van der Waals surface area contributed by atoms with Crippen LogP contribution in [0.3, 0.4) is 0 Å². The lowest BCUT2D eigenvalue weighted by Gasteiger charge is -2.23. The summed E-state index contributed by atoms with van der Waals surface area (Å²) in [5.41, 5.74) is 1.20. The maximum Gasteiger partial charge on any atom is 0.357 e. The molecule has 1 aromatic rings. The van der Waals surface area contributed by atoms with Crippen LogP contribution in [0.4, 0.5) is 0 Å². The van der Waals surface area contributed by atoms with E-state index in [9.17, 15) is 9.36 Å². The van der Waals surface area contributed by atoms with Gasteiger partial charge in [0.15, 0.2) is 5.78 Å². The monoisotopic (exact) mass is 269 g/mol. The summed E-state index contributed by atoms with van der Waals surface area (Å²) in [6.45, 7) is 4.03. The van der Waals surface area contributed by atoms with Crippen LogP contribution in [0.1, 0.15) is 35.6 Å². The molecule has 5 nitrogen and oxygen atoms in total. The number of carbonyl (C=O) groups is 1. The molecule has 1 heterocycles. The maximum atomic E-state index is 12.7. The Balaban J connectivity index is 2.40. The Morgan fingerprint density at radius 2 is 1.83 bits per heavy atom. The molecule has 0 fully saturated rings. The molecule has 1 aromatic carbocycles. The van der Waals surface area contributed by atoms with Crippen LogP contribution in [-0.2, 0) is 13.6 Å². The molecule has 1 atom stereocenters. The molecule has 0 saturated heterocycles. The fourth-order valence-electron chi connectivity index (χ4n) is 2.02. The van der Waals surface area contributed by atoms with Crippen LogP contribution in [0.2, 0.25) is 0 Å². The molecule has 1 aliphatic heterocycles. The fourth-order valence-corrected chi connectivity index (χ4v) is 3.95. The summed E-state index contributed by atoms with van der Waals surface area (Å²) in [4.78, 5) is 11.8. The van der Waals surface area contributed by atoms with E-state index in [-0.39, 0.29) is 19.1 Å². The van der Waals surface area contributed by atoms with Gasteiger partial charge in [-0.15, -0.1) is 0 Å². The molecule has 1 amide bonds. The van der Waals surface area contributed by atoms with Gasteiger partial charge in [0.05, 0.1) is 13.2 Å². The van der Waals surface area contributed by atoms with Gasteiger partial charge in [-0.1, -0.05) is 18.2 Å². The predicted molar refractivity (Wildman–Crippen MR) is 67.5 cm³/mol. The highest BCUT2D eigenvalue weighted by molar-refractivity contribution is 7.54. The second-order valence-corrected chi connectivity index (χ2v) is 5.95. The van der Waals surface area contributed by atoms with E-state index in [0.29, 0.717) is 11.1 Å². The predicted octanol–water partition coefficient (Wildman–Crippen LogP) is 2.69. The lowest BCUT2D eigenvalue weighted by atomic mass is 10.1. The molecule has 1 N–H and O–H groups in total. The zero-order valence-corrected chi connectivity index (χ0v) is 11.3. The van der Waals surface area contributed by atoms with Crippen molar-refractivity contribution in [1.82, 2.24) is 5.32 Å². The largest absolute Gasteiger partial charge is 0.357 e. The summed E-state index contributed by atoms with van der Waals surface area (Å²) in [7, 11) is -3.37. The van der Waals surface area contributed by atoms with Gasteiger partial charge >= 0.3 is 7.60 Å². The van der Waals surface area contributed by atoms with Crippen molar-refractivity contribution in [2.45, 2.75) is 19.6 Å². The van der Waals surface area contributed by atoms with E-state index in [4.69, 9.17) is 9.05 Å². The molecule has 0 aliphatic carbocycles. The summed E-state index contributed by atoms with van der Waals surface area (Å²) in [6.07, 6.45) is 0. The number of benzene rings is 1. The van der Waals surface area contributed by atoms with Crippen molar-refractivity contribution in [3.05, 3.63) is 35.4 Å². The minimum Gasteiger partial charge on any atom is -0.334 e. The van der Waals surface area contributed by atoms with E-state index >= 15 is 0 Å².